The van der Waals surface area contributed by atoms with Gasteiger partial charge < -0.3 is 9.88 Å². The monoisotopic (exact) mass is 220 g/mol. The van der Waals surface area contributed by atoms with Crippen molar-refractivity contribution in [1.82, 2.24) is 30.3 Å². The minimum atomic E-state index is -0.0136. The van der Waals surface area contributed by atoms with E-state index in [0.29, 0.717) is 0 Å². The normalized spacial score (nSPS) is 12.9. The second kappa shape index (κ2) is 4.89. The molecule has 6 nitrogen and oxygen atoms in total. The summed E-state index contributed by atoms with van der Waals surface area (Å²) in [5.41, 5.74) is 0.853. The maximum atomic E-state index is 4.38. The molecule has 2 aromatic rings. The molecule has 1 atom stereocenters. The molecule has 2 N–H and O–H groups in total. The van der Waals surface area contributed by atoms with Gasteiger partial charge in [-0.2, -0.15) is 15.4 Å². The van der Waals surface area contributed by atoms with Crippen molar-refractivity contribution in [3.63, 3.8) is 0 Å². The van der Waals surface area contributed by atoms with Crippen LogP contribution in [0.25, 0.3) is 0 Å². The van der Waals surface area contributed by atoms with Crippen molar-refractivity contribution in [3.05, 3.63) is 30.1 Å². The van der Waals surface area contributed by atoms with Gasteiger partial charge in [-0.3, -0.25) is 0 Å². The number of imidazole rings is 1. The fourth-order valence-electron chi connectivity index (χ4n) is 1.77. The molecule has 0 saturated heterocycles. The van der Waals surface area contributed by atoms with Crippen molar-refractivity contribution in [2.45, 2.75) is 25.9 Å². The van der Waals surface area contributed by atoms with E-state index < -0.39 is 0 Å². The number of hydrogen-bond donors (Lipinski definition) is 2. The van der Waals surface area contributed by atoms with E-state index in [-0.39, 0.29) is 6.04 Å². The van der Waals surface area contributed by atoms with E-state index in [1.165, 1.54) is 0 Å². The second-order valence-electron chi connectivity index (χ2n) is 3.60. The van der Waals surface area contributed by atoms with Crippen LogP contribution in [0.1, 0.15) is 30.9 Å². The molecule has 0 fully saturated rings. The van der Waals surface area contributed by atoms with E-state index in [4.69, 9.17) is 0 Å². The summed E-state index contributed by atoms with van der Waals surface area (Å²) < 4.78 is 2.13. The summed E-state index contributed by atoms with van der Waals surface area (Å²) in [5.74, 6) is 0.971. The highest BCUT2D eigenvalue weighted by Gasteiger charge is 2.19. The van der Waals surface area contributed by atoms with Gasteiger partial charge in [0.25, 0.3) is 0 Å². The smallest absolute Gasteiger partial charge is 0.132 e. The Balaban J connectivity index is 2.30. The predicted octanol–water partition coefficient (Wildman–Crippen LogP) is 0.720. The number of aromatic amines is 1. The number of rotatable bonds is 5. The molecule has 86 valence electrons. The average Bonchev–Trinajstić information content (AvgIpc) is 2.92. The van der Waals surface area contributed by atoms with Gasteiger partial charge in [0.2, 0.25) is 0 Å². The first-order valence-corrected chi connectivity index (χ1v) is 5.40. The summed E-state index contributed by atoms with van der Waals surface area (Å²) in [6, 6.07) is -0.0136. The molecule has 6 heteroatoms. The van der Waals surface area contributed by atoms with Crippen LogP contribution in [-0.4, -0.2) is 32.0 Å². The molecule has 2 aromatic heterocycles. The number of nitrogens with one attached hydrogen (secondary N) is 2. The molecule has 16 heavy (non-hydrogen) atoms. The Morgan fingerprint density at radius 2 is 2.44 bits per heavy atom. The highest BCUT2D eigenvalue weighted by Crippen LogP contribution is 2.17. The lowest BCUT2D eigenvalue weighted by atomic mass is 10.2. The van der Waals surface area contributed by atoms with Crippen molar-refractivity contribution in [3.8, 4) is 0 Å². The molecule has 1 unspecified atom stereocenters. The molecular weight excluding hydrogens is 204 g/mol. The first-order chi connectivity index (χ1) is 7.86. The van der Waals surface area contributed by atoms with Crippen LogP contribution < -0.4 is 5.32 Å². The van der Waals surface area contributed by atoms with Gasteiger partial charge in [0, 0.05) is 18.9 Å². The maximum absolute atomic E-state index is 4.38. The maximum Gasteiger partial charge on any atom is 0.132 e. The van der Waals surface area contributed by atoms with Gasteiger partial charge in [-0.1, -0.05) is 6.92 Å². The lowest BCUT2D eigenvalue weighted by molar-refractivity contribution is 0.558. The summed E-state index contributed by atoms with van der Waals surface area (Å²) in [6.45, 7) is 3.11. The highest BCUT2D eigenvalue weighted by atomic mass is 15.3. The summed E-state index contributed by atoms with van der Waals surface area (Å²) in [4.78, 5) is 4.38. The molecular formula is C10H16N6. The highest BCUT2D eigenvalue weighted by molar-refractivity contribution is 5.14. The third-order valence-corrected chi connectivity index (χ3v) is 2.49. The Morgan fingerprint density at radius 3 is 3.06 bits per heavy atom. The molecule has 0 aliphatic heterocycles. The van der Waals surface area contributed by atoms with Gasteiger partial charge in [-0.05, 0) is 13.5 Å². The fraction of sp³-hybridized carbons (Fsp3) is 0.500. The lowest BCUT2D eigenvalue weighted by Gasteiger charge is -2.14. The van der Waals surface area contributed by atoms with Crippen molar-refractivity contribution in [2.75, 3.05) is 7.05 Å². The minimum Gasteiger partial charge on any atom is -0.333 e. The van der Waals surface area contributed by atoms with Crippen LogP contribution in [0.15, 0.2) is 18.6 Å². The molecule has 2 rings (SSSR count). The van der Waals surface area contributed by atoms with Gasteiger partial charge >= 0.3 is 0 Å². The van der Waals surface area contributed by atoms with Crippen LogP contribution in [-0.2, 0) is 6.54 Å². The molecule has 0 spiro atoms. The van der Waals surface area contributed by atoms with E-state index >= 15 is 0 Å². The lowest BCUT2D eigenvalue weighted by Crippen LogP contribution is -2.22. The van der Waals surface area contributed by atoms with Crippen LogP contribution in [0.4, 0.5) is 0 Å². The molecule has 0 radical (unpaired) electrons. The van der Waals surface area contributed by atoms with E-state index in [1.807, 2.05) is 19.4 Å². The minimum absolute atomic E-state index is 0.0136. The van der Waals surface area contributed by atoms with E-state index in [0.717, 1.165) is 24.5 Å². The molecule has 0 amide bonds. The van der Waals surface area contributed by atoms with Crippen molar-refractivity contribution >= 4 is 0 Å². The standard InChI is InChI=1S/C10H16N6/c1-3-5-16-6-4-12-10(16)9(11-2)8-7-13-15-14-8/h4,6-7,9,11H,3,5H2,1-2H3,(H,13,14,15). The average molecular weight is 220 g/mol. The molecule has 0 bridgehead atoms. The zero-order valence-corrected chi connectivity index (χ0v) is 9.51. The Labute approximate surface area is 94.1 Å². The summed E-state index contributed by atoms with van der Waals surface area (Å²) >= 11 is 0. The van der Waals surface area contributed by atoms with Gasteiger partial charge in [0.05, 0.1) is 6.20 Å². The van der Waals surface area contributed by atoms with Crippen molar-refractivity contribution < 1.29 is 0 Å². The van der Waals surface area contributed by atoms with Gasteiger partial charge in [0.1, 0.15) is 17.6 Å². The van der Waals surface area contributed by atoms with Crippen LogP contribution in [0.3, 0.4) is 0 Å². The van der Waals surface area contributed by atoms with Crippen molar-refractivity contribution in [1.29, 1.82) is 0 Å². The van der Waals surface area contributed by atoms with Gasteiger partial charge in [-0.15, -0.1) is 0 Å². The Bertz CT molecular complexity index is 418. The van der Waals surface area contributed by atoms with Crippen LogP contribution in [0.2, 0.25) is 0 Å². The molecule has 2 heterocycles. The Hall–Kier alpha value is -1.69. The van der Waals surface area contributed by atoms with Crippen LogP contribution in [0.5, 0.6) is 0 Å². The topological polar surface area (TPSA) is 71.4 Å². The van der Waals surface area contributed by atoms with E-state index in [2.05, 4.69) is 37.2 Å². The predicted molar refractivity (Wildman–Crippen MR) is 59.8 cm³/mol. The van der Waals surface area contributed by atoms with Crippen LogP contribution >= 0.6 is 0 Å². The molecule has 0 aromatic carbocycles. The quantitative estimate of drug-likeness (QED) is 0.779. The Kier molecular flexibility index (Phi) is 3.31. The van der Waals surface area contributed by atoms with Gasteiger partial charge in [0.15, 0.2) is 0 Å². The first kappa shape index (κ1) is 10.8. The second-order valence-corrected chi connectivity index (χ2v) is 3.60. The van der Waals surface area contributed by atoms with Gasteiger partial charge in [-0.25, -0.2) is 4.98 Å². The number of aryl methyl sites for hydroxylation is 1. The molecule has 0 aliphatic carbocycles. The third kappa shape index (κ3) is 1.96. The Morgan fingerprint density at radius 1 is 1.56 bits per heavy atom. The third-order valence-electron chi connectivity index (χ3n) is 2.49. The number of H-pyrrole nitrogens is 1. The van der Waals surface area contributed by atoms with Crippen LogP contribution in [0, 0.1) is 0 Å². The SMILES string of the molecule is CCCn1ccnc1C(NC)c1cn[nH]n1. The first-order valence-electron chi connectivity index (χ1n) is 5.40. The number of hydrogen-bond acceptors (Lipinski definition) is 4. The molecule has 0 saturated carbocycles. The summed E-state index contributed by atoms with van der Waals surface area (Å²) in [6.07, 6.45) is 6.60. The van der Waals surface area contributed by atoms with E-state index in [1.54, 1.807) is 6.20 Å². The number of aromatic nitrogens is 5. The van der Waals surface area contributed by atoms with Crippen molar-refractivity contribution in [2.24, 2.45) is 0 Å². The fourth-order valence-corrected chi connectivity index (χ4v) is 1.77. The number of nitrogens with zero attached hydrogens (tertiary/aromatic N) is 4. The molecule has 0 aliphatic rings. The summed E-state index contributed by atoms with van der Waals surface area (Å²) in [7, 11) is 1.89. The van der Waals surface area contributed by atoms with E-state index in [9.17, 15) is 0 Å². The zero-order valence-electron chi connectivity index (χ0n) is 9.51. The summed E-state index contributed by atoms with van der Waals surface area (Å²) in [5, 5.41) is 13.7. The largest absolute Gasteiger partial charge is 0.333 e. The zero-order chi connectivity index (χ0) is 11.4.